The average molecular weight is 380 g/mol. The highest BCUT2D eigenvalue weighted by Crippen LogP contribution is 2.35. The number of halogens is 1. The SMILES string of the molecule is CCn1cc([C@@H]2OCC[C@H]2CNc2nnc(-c3ccc(Cl)s3)o2)cn1. The summed E-state index contributed by atoms with van der Waals surface area (Å²) >= 11 is 7.35. The zero-order chi connectivity index (χ0) is 17.2. The molecule has 0 bridgehead atoms. The Morgan fingerprint density at radius 1 is 1.40 bits per heavy atom. The van der Waals surface area contributed by atoms with E-state index < -0.39 is 0 Å². The number of ether oxygens (including phenoxy) is 1. The molecule has 0 aliphatic carbocycles. The molecule has 4 heterocycles. The topological polar surface area (TPSA) is 78.0 Å². The number of hydrogen-bond donors (Lipinski definition) is 1. The van der Waals surface area contributed by atoms with Crippen molar-refractivity contribution in [3.05, 3.63) is 34.4 Å². The highest BCUT2D eigenvalue weighted by Gasteiger charge is 2.30. The molecule has 1 fully saturated rings. The Morgan fingerprint density at radius 2 is 2.32 bits per heavy atom. The quantitative estimate of drug-likeness (QED) is 0.700. The van der Waals surface area contributed by atoms with Crippen LogP contribution in [0.3, 0.4) is 0 Å². The minimum absolute atomic E-state index is 0.0475. The van der Waals surface area contributed by atoms with Gasteiger partial charge >= 0.3 is 6.01 Å². The van der Waals surface area contributed by atoms with Crippen molar-refractivity contribution in [2.45, 2.75) is 26.0 Å². The molecule has 0 radical (unpaired) electrons. The Morgan fingerprint density at radius 3 is 3.08 bits per heavy atom. The first-order valence-electron chi connectivity index (χ1n) is 8.20. The Balaban J connectivity index is 1.39. The molecule has 2 atom stereocenters. The fourth-order valence-corrected chi connectivity index (χ4v) is 3.92. The van der Waals surface area contributed by atoms with E-state index >= 15 is 0 Å². The Bertz CT molecular complexity index is 845. The molecule has 4 rings (SSSR count). The Kier molecular flexibility index (Phi) is 4.74. The minimum atomic E-state index is 0.0475. The van der Waals surface area contributed by atoms with E-state index in [4.69, 9.17) is 20.8 Å². The van der Waals surface area contributed by atoms with E-state index in [1.54, 1.807) is 0 Å². The standard InChI is InChI=1S/C16H18ClN5O2S/c1-2-22-9-11(8-19-22)14-10(5-6-23-14)7-18-16-21-20-15(24-16)12-3-4-13(17)25-12/h3-4,8-10,14H,2,5-7H2,1H3,(H,18,21)/t10-,14+/m0/s1. The smallest absolute Gasteiger partial charge is 0.315 e. The molecule has 0 saturated carbocycles. The fourth-order valence-electron chi connectivity index (χ4n) is 2.95. The molecular weight excluding hydrogens is 362 g/mol. The maximum atomic E-state index is 5.94. The second kappa shape index (κ2) is 7.15. The largest absolute Gasteiger partial charge is 0.403 e. The number of nitrogens with zero attached hydrogens (tertiary/aromatic N) is 4. The van der Waals surface area contributed by atoms with Crippen LogP contribution < -0.4 is 5.32 Å². The Labute approximate surface area is 154 Å². The lowest BCUT2D eigenvalue weighted by Gasteiger charge is -2.16. The predicted molar refractivity (Wildman–Crippen MR) is 95.8 cm³/mol. The van der Waals surface area contributed by atoms with E-state index in [1.165, 1.54) is 11.3 Å². The first-order valence-corrected chi connectivity index (χ1v) is 9.39. The van der Waals surface area contributed by atoms with Gasteiger partial charge in [0.05, 0.1) is 21.5 Å². The molecule has 3 aromatic heterocycles. The first-order chi connectivity index (χ1) is 12.2. The average Bonchev–Trinajstić information content (AvgIpc) is 3.38. The van der Waals surface area contributed by atoms with E-state index in [1.807, 2.05) is 29.2 Å². The van der Waals surface area contributed by atoms with Gasteiger partial charge in [0.2, 0.25) is 0 Å². The molecule has 25 heavy (non-hydrogen) atoms. The van der Waals surface area contributed by atoms with Gasteiger partial charge in [0.15, 0.2) is 0 Å². The highest BCUT2D eigenvalue weighted by atomic mass is 35.5. The molecular formula is C16H18ClN5O2S. The number of thiophene rings is 1. The molecule has 1 aliphatic heterocycles. The lowest BCUT2D eigenvalue weighted by molar-refractivity contribution is 0.0931. The number of hydrogen-bond acceptors (Lipinski definition) is 7. The zero-order valence-corrected chi connectivity index (χ0v) is 15.3. The van der Waals surface area contributed by atoms with Crippen molar-refractivity contribution in [3.8, 4) is 10.8 Å². The van der Waals surface area contributed by atoms with Crippen molar-refractivity contribution in [2.24, 2.45) is 5.92 Å². The van der Waals surface area contributed by atoms with Gasteiger partial charge < -0.3 is 14.5 Å². The maximum absolute atomic E-state index is 5.94. The van der Waals surface area contributed by atoms with Crippen LogP contribution in [0.25, 0.3) is 10.8 Å². The second-order valence-electron chi connectivity index (χ2n) is 5.87. The summed E-state index contributed by atoms with van der Waals surface area (Å²) in [6, 6.07) is 4.10. The zero-order valence-electron chi connectivity index (χ0n) is 13.7. The van der Waals surface area contributed by atoms with Crippen LogP contribution >= 0.6 is 22.9 Å². The molecule has 1 saturated heterocycles. The van der Waals surface area contributed by atoms with Gasteiger partial charge in [-0.3, -0.25) is 4.68 Å². The lowest BCUT2D eigenvalue weighted by atomic mass is 9.97. The summed E-state index contributed by atoms with van der Waals surface area (Å²) in [5.41, 5.74) is 1.12. The van der Waals surface area contributed by atoms with E-state index in [9.17, 15) is 0 Å². The van der Waals surface area contributed by atoms with Crippen molar-refractivity contribution >= 4 is 29.0 Å². The minimum Gasteiger partial charge on any atom is -0.403 e. The van der Waals surface area contributed by atoms with Crippen molar-refractivity contribution in [1.29, 1.82) is 0 Å². The fraction of sp³-hybridized carbons (Fsp3) is 0.438. The summed E-state index contributed by atoms with van der Waals surface area (Å²) in [5.74, 6) is 0.809. The van der Waals surface area contributed by atoms with Crippen LogP contribution in [0.15, 0.2) is 28.9 Å². The van der Waals surface area contributed by atoms with Crippen LogP contribution in [0.1, 0.15) is 25.0 Å². The van der Waals surface area contributed by atoms with Crippen LogP contribution in [0.5, 0.6) is 0 Å². The van der Waals surface area contributed by atoms with Crippen LogP contribution in [0.2, 0.25) is 4.34 Å². The summed E-state index contributed by atoms with van der Waals surface area (Å²) < 4.78 is 14.2. The summed E-state index contributed by atoms with van der Waals surface area (Å²) in [4.78, 5) is 0.861. The van der Waals surface area contributed by atoms with Crippen molar-refractivity contribution in [1.82, 2.24) is 20.0 Å². The second-order valence-corrected chi connectivity index (χ2v) is 7.58. The third kappa shape index (κ3) is 3.56. The van der Waals surface area contributed by atoms with Crippen LogP contribution in [0.4, 0.5) is 6.01 Å². The van der Waals surface area contributed by atoms with Crippen LogP contribution in [0, 0.1) is 5.92 Å². The van der Waals surface area contributed by atoms with Crippen LogP contribution in [-0.4, -0.2) is 33.1 Å². The molecule has 1 aliphatic rings. The molecule has 9 heteroatoms. The number of aryl methyl sites for hydroxylation is 1. The predicted octanol–water partition coefficient (Wildman–Crippen LogP) is 3.86. The highest BCUT2D eigenvalue weighted by molar-refractivity contribution is 7.19. The van der Waals surface area contributed by atoms with Crippen molar-refractivity contribution < 1.29 is 9.15 Å². The normalized spacial score (nSPS) is 20.2. The summed E-state index contributed by atoms with van der Waals surface area (Å²) in [7, 11) is 0. The number of aromatic nitrogens is 4. The monoisotopic (exact) mass is 379 g/mol. The molecule has 132 valence electrons. The molecule has 1 N–H and O–H groups in total. The van der Waals surface area contributed by atoms with E-state index in [0.717, 1.165) is 30.0 Å². The summed E-state index contributed by atoms with van der Waals surface area (Å²) in [6.45, 7) is 4.37. The van der Waals surface area contributed by atoms with Crippen LogP contribution in [-0.2, 0) is 11.3 Å². The number of nitrogens with one attached hydrogen (secondary N) is 1. The summed E-state index contributed by atoms with van der Waals surface area (Å²) in [6.07, 6.45) is 4.97. The van der Waals surface area contributed by atoms with Crippen molar-refractivity contribution in [3.63, 3.8) is 0 Å². The van der Waals surface area contributed by atoms with E-state index in [0.29, 0.717) is 28.7 Å². The lowest BCUT2D eigenvalue weighted by Crippen LogP contribution is -2.17. The first kappa shape index (κ1) is 16.6. The van der Waals surface area contributed by atoms with Gasteiger partial charge in [-0.2, -0.15) is 5.10 Å². The molecule has 0 amide bonds. The molecule has 0 unspecified atom stereocenters. The van der Waals surface area contributed by atoms with Gasteiger partial charge in [0.25, 0.3) is 5.89 Å². The number of rotatable bonds is 6. The molecule has 0 aromatic carbocycles. The van der Waals surface area contributed by atoms with Gasteiger partial charge in [0.1, 0.15) is 0 Å². The van der Waals surface area contributed by atoms with Gasteiger partial charge in [-0.05, 0) is 25.5 Å². The van der Waals surface area contributed by atoms with Gasteiger partial charge in [-0.1, -0.05) is 16.7 Å². The van der Waals surface area contributed by atoms with Gasteiger partial charge in [-0.25, -0.2) is 0 Å². The molecule has 0 spiro atoms. The number of anilines is 1. The van der Waals surface area contributed by atoms with Gasteiger partial charge in [-0.15, -0.1) is 16.4 Å². The maximum Gasteiger partial charge on any atom is 0.315 e. The summed E-state index contributed by atoms with van der Waals surface area (Å²) in [5, 5.41) is 15.7. The Hall–Kier alpha value is -1.90. The van der Waals surface area contributed by atoms with Gasteiger partial charge in [0, 0.05) is 37.4 Å². The third-order valence-corrected chi connectivity index (χ3v) is 5.46. The van der Waals surface area contributed by atoms with E-state index in [-0.39, 0.29) is 6.10 Å². The molecule has 3 aromatic rings. The molecule has 7 nitrogen and oxygen atoms in total. The third-order valence-electron chi connectivity index (χ3n) is 4.24. The van der Waals surface area contributed by atoms with Crippen molar-refractivity contribution in [2.75, 3.05) is 18.5 Å². The van der Waals surface area contributed by atoms with E-state index in [2.05, 4.69) is 27.5 Å².